The highest BCUT2D eigenvalue weighted by molar-refractivity contribution is 6.01. The van der Waals surface area contributed by atoms with Crippen LogP contribution in [0.3, 0.4) is 0 Å². The summed E-state index contributed by atoms with van der Waals surface area (Å²) < 4.78 is 11.8. The second kappa shape index (κ2) is 7.22. The fourth-order valence-electron chi connectivity index (χ4n) is 3.34. The minimum Gasteiger partial charge on any atom is -0.480 e. The number of likely N-dealkylation sites (tertiary alicyclic amines) is 1. The van der Waals surface area contributed by atoms with E-state index in [1.54, 1.807) is 18.2 Å². The van der Waals surface area contributed by atoms with Crippen molar-refractivity contribution in [1.29, 1.82) is 0 Å². The minimum atomic E-state index is -1.03. The second-order valence-corrected chi connectivity index (χ2v) is 6.51. The highest BCUT2D eigenvalue weighted by atomic mass is 16.7. The van der Waals surface area contributed by atoms with Gasteiger partial charge >= 0.3 is 5.97 Å². The summed E-state index contributed by atoms with van der Waals surface area (Å²) in [4.78, 5) is 37.8. The first-order valence-electron chi connectivity index (χ1n) is 8.78. The normalized spacial score (nSPS) is 17.6. The molecule has 2 aliphatic heterocycles. The van der Waals surface area contributed by atoms with E-state index in [4.69, 9.17) is 14.6 Å². The Kier molecular flexibility index (Phi) is 4.60. The summed E-state index contributed by atoms with van der Waals surface area (Å²) in [6, 6.07) is 5.83. The van der Waals surface area contributed by atoms with Crippen molar-refractivity contribution < 1.29 is 29.0 Å². The predicted octanol–water partition coefficient (Wildman–Crippen LogP) is 0.940. The molecule has 10 heteroatoms. The van der Waals surface area contributed by atoms with E-state index in [2.05, 4.69) is 10.4 Å². The fourth-order valence-corrected chi connectivity index (χ4v) is 3.34. The van der Waals surface area contributed by atoms with E-state index in [0.717, 1.165) is 0 Å². The van der Waals surface area contributed by atoms with E-state index in [-0.39, 0.29) is 31.0 Å². The molecule has 28 heavy (non-hydrogen) atoms. The zero-order chi connectivity index (χ0) is 19.7. The van der Waals surface area contributed by atoms with Crippen molar-refractivity contribution in [2.24, 2.45) is 0 Å². The van der Waals surface area contributed by atoms with Crippen molar-refractivity contribution in [3.05, 3.63) is 36.0 Å². The lowest BCUT2D eigenvalue weighted by Crippen LogP contribution is -2.43. The van der Waals surface area contributed by atoms with Crippen molar-refractivity contribution in [1.82, 2.24) is 14.7 Å². The molecule has 4 rings (SSSR count). The highest BCUT2D eigenvalue weighted by Crippen LogP contribution is 2.33. The number of benzene rings is 1. The van der Waals surface area contributed by atoms with Gasteiger partial charge in [0.15, 0.2) is 17.3 Å². The molecular weight excluding hydrogens is 368 g/mol. The number of anilines is 1. The van der Waals surface area contributed by atoms with E-state index in [1.165, 1.54) is 21.8 Å². The minimum absolute atomic E-state index is 0.121. The lowest BCUT2D eigenvalue weighted by Gasteiger charge is -2.23. The molecule has 0 radical (unpaired) electrons. The summed E-state index contributed by atoms with van der Waals surface area (Å²) in [5, 5.41) is 15.4. The number of carbonyl (C=O) groups is 3. The monoisotopic (exact) mass is 386 g/mol. The van der Waals surface area contributed by atoms with E-state index in [1.807, 2.05) is 0 Å². The standard InChI is InChI=1S/C18H18N4O6/c23-16(24)9-21-7-5-15(20-21)19-17(25)12-2-1-6-22(12)18(26)11-3-4-13-14(8-11)28-10-27-13/h3-5,7-8,12H,1-2,6,9-10H2,(H,23,24)(H,19,20,25). The van der Waals surface area contributed by atoms with Gasteiger partial charge in [0.05, 0.1) is 0 Å². The lowest BCUT2D eigenvalue weighted by molar-refractivity contribution is -0.137. The van der Waals surface area contributed by atoms with Crippen LogP contribution in [-0.2, 0) is 16.1 Å². The molecule has 3 heterocycles. The molecule has 2 aromatic rings. The summed E-state index contributed by atoms with van der Waals surface area (Å²) in [5.41, 5.74) is 0.426. The number of rotatable bonds is 5. The van der Waals surface area contributed by atoms with E-state index in [0.29, 0.717) is 36.4 Å². The zero-order valence-electron chi connectivity index (χ0n) is 14.8. The second-order valence-electron chi connectivity index (χ2n) is 6.51. The van der Waals surface area contributed by atoms with Gasteiger partial charge in [-0.2, -0.15) is 5.10 Å². The highest BCUT2D eigenvalue weighted by Gasteiger charge is 2.35. The number of aromatic nitrogens is 2. The molecule has 1 atom stereocenters. The molecule has 0 saturated carbocycles. The molecule has 1 unspecified atom stereocenters. The molecule has 1 aromatic heterocycles. The molecule has 146 valence electrons. The Labute approximate surface area is 159 Å². The molecule has 1 saturated heterocycles. The van der Waals surface area contributed by atoms with Crippen molar-refractivity contribution >= 4 is 23.6 Å². The summed E-state index contributed by atoms with van der Waals surface area (Å²) >= 11 is 0. The molecule has 1 aromatic carbocycles. The Morgan fingerprint density at radius 3 is 2.86 bits per heavy atom. The number of fused-ring (bicyclic) bond motifs is 1. The van der Waals surface area contributed by atoms with Gasteiger partial charge in [0.2, 0.25) is 12.7 Å². The average Bonchev–Trinajstić information content (AvgIpc) is 3.40. The van der Waals surface area contributed by atoms with Gasteiger partial charge < -0.3 is 24.8 Å². The van der Waals surface area contributed by atoms with Crippen LogP contribution in [0, 0.1) is 0 Å². The number of hydrogen-bond donors (Lipinski definition) is 2. The smallest absolute Gasteiger partial charge is 0.325 e. The van der Waals surface area contributed by atoms with E-state index < -0.39 is 12.0 Å². The lowest BCUT2D eigenvalue weighted by atomic mass is 10.1. The van der Waals surface area contributed by atoms with Crippen LogP contribution in [0.4, 0.5) is 5.82 Å². The summed E-state index contributed by atoms with van der Waals surface area (Å²) in [5.74, 6) is -0.301. The van der Waals surface area contributed by atoms with Gasteiger partial charge in [0.1, 0.15) is 12.6 Å². The molecule has 0 spiro atoms. The quantitative estimate of drug-likeness (QED) is 0.784. The van der Waals surface area contributed by atoms with Crippen LogP contribution in [0.1, 0.15) is 23.2 Å². The average molecular weight is 386 g/mol. The van der Waals surface area contributed by atoms with Crippen LogP contribution in [0.15, 0.2) is 30.5 Å². The van der Waals surface area contributed by atoms with Gasteiger partial charge in [-0.05, 0) is 31.0 Å². The Bertz CT molecular complexity index is 940. The molecule has 0 aliphatic carbocycles. The van der Waals surface area contributed by atoms with Gasteiger partial charge in [-0.1, -0.05) is 0 Å². The van der Waals surface area contributed by atoms with Crippen molar-refractivity contribution in [2.75, 3.05) is 18.7 Å². The van der Waals surface area contributed by atoms with Crippen molar-refractivity contribution in [3.8, 4) is 11.5 Å². The number of nitrogens with zero attached hydrogens (tertiary/aromatic N) is 3. The maximum absolute atomic E-state index is 12.9. The summed E-state index contributed by atoms with van der Waals surface area (Å²) in [6.07, 6.45) is 2.72. The molecule has 2 aliphatic rings. The molecule has 2 N–H and O–H groups in total. The van der Waals surface area contributed by atoms with Crippen LogP contribution in [0.5, 0.6) is 11.5 Å². The van der Waals surface area contributed by atoms with E-state index >= 15 is 0 Å². The Hall–Kier alpha value is -3.56. The number of carboxylic acids is 1. The Morgan fingerprint density at radius 1 is 1.21 bits per heavy atom. The number of hydrogen-bond acceptors (Lipinski definition) is 6. The third-order valence-corrected chi connectivity index (χ3v) is 4.63. The molecular formula is C18H18N4O6. The summed E-state index contributed by atoms with van der Waals surface area (Å²) in [7, 11) is 0. The van der Waals surface area contributed by atoms with Crippen molar-refractivity contribution in [3.63, 3.8) is 0 Å². The first-order chi connectivity index (χ1) is 13.5. The first-order valence-corrected chi connectivity index (χ1v) is 8.78. The fraction of sp³-hybridized carbons (Fsp3) is 0.333. The number of nitrogens with one attached hydrogen (secondary N) is 1. The van der Waals surface area contributed by atoms with Crippen molar-refractivity contribution in [2.45, 2.75) is 25.4 Å². The molecule has 1 fully saturated rings. The predicted molar refractivity (Wildman–Crippen MR) is 95.1 cm³/mol. The van der Waals surface area contributed by atoms with Crippen LogP contribution in [0.25, 0.3) is 0 Å². The van der Waals surface area contributed by atoms with Crippen LogP contribution in [0.2, 0.25) is 0 Å². The third-order valence-electron chi connectivity index (χ3n) is 4.63. The Morgan fingerprint density at radius 2 is 2.04 bits per heavy atom. The maximum Gasteiger partial charge on any atom is 0.325 e. The molecule has 0 bridgehead atoms. The zero-order valence-corrected chi connectivity index (χ0v) is 14.8. The maximum atomic E-state index is 12.9. The summed E-state index contributed by atoms with van der Waals surface area (Å²) in [6.45, 7) is 0.295. The van der Waals surface area contributed by atoms with Crippen LogP contribution in [-0.4, -0.2) is 57.0 Å². The molecule has 2 amide bonds. The van der Waals surface area contributed by atoms with Gasteiger partial charge in [-0.15, -0.1) is 0 Å². The van der Waals surface area contributed by atoms with Crippen LogP contribution < -0.4 is 14.8 Å². The SMILES string of the molecule is O=C(O)Cn1ccc(NC(=O)C2CCCN2C(=O)c2ccc3c(c2)OCO3)n1. The number of ether oxygens (including phenoxy) is 2. The number of carbonyl (C=O) groups excluding carboxylic acids is 2. The third kappa shape index (κ3) is 3.48. The molecule has 10 nitrogen and oxygen atoms in total. The first kappa shape index (κ1) is 17.8. The van der Waals surface area contributed by atoms with Crippen LogP contribution >= 0.6 is 0 Å². The number of amides is 2. The van der Waals surface area contributed by atoms with E-state index in [9.17, 15) is 14.4 Å². The Balaban J connectivity index is 1.45. The van der Waals surface area contributed by atoms with Gasteiger partial charge in [-0.3, -0.25) is 19.1 Å². The van der Waals surface area contributed by atoms with Gasteiger partial charge in [-0.25, -0.2) is 0 Å². The van der Waals surface area contributed by atoms with Gasteiger partial charge in [0.25, 0.3) is 5.91 Å². The topological polar surface area (TPSA) is 123 Å². The van der Waals surface area contributed by atoms with Gasteiger partial charge in [0, 0.05) is 24.4 Å². The largest absolute Gasteiger partial charge is 0.480 e. The number of aliphatic carboxylic acids is 1. The number of carboxylic acid groups (broad SMARTS) is 1.